The molecule has 7 rings (SSSR count). The Bertz CT molecular complexity index is 1990. The molecular weight excluding hydrogens is 703 g/mol. The number of fused-ring (bicyclic) bond motifs is 1. The van der Waals surface area contributed by atoms with E-state index in [1.54, 1.807) is 12.3 Å². The highest BCUT2D eigenvalue weighted by molar-refractivity contribution is 6.32. The van der Waals surface area contributed by atoms with Crippen LogP contribution in [0, 0.1) is 24.2 Å². The molecule has 0 spiro atoms. The minimum atomic E-state index is -0.653. The van der Waals surface area contributed by atoms with Crippen LogP contribution < -0.4 is 19.5 Å². The Morgan fingerprint density at radius 2 is 1.81 bits per heavy atom. The summed E-state index contributed by atoms with van der Waals surface area (Å²) in [4.78, 5) is 18.3. The number of halogens is 2. The molecule has 0 bridgehead atoms. The Hall–Kier alpha value is -4.49. The van der Waals surface area contributed by atoms with Crippen molar-refractivity contribution in [2.75, 3.05) is 32.8 Å². The van der Waals surface area contributed by atoms with E-state index in [-0.39, 0.29) is 12.7 Å². The highest BCUT2D eigenvalue weighted by atomic mass is 35.5. The first-order valence-corrected chi connectivity index (χ1v) is 19.6. The van der Waals surface area contributed by atoms with Crippen LogP contribution in [0.5, 0.6) is 17.2 Å². The Balaban J connectivity index is 1.05. The molecule has 1 aromatic heterocycles. The van der Waals surface area contributed by atoms with Crippen molar-refractivity contribution in [1.82, 2.24) is 15.2 Å². The number of hydrogen-bond donors (Lipinski definition) is 1. The molecule has 1 unspecified atom stereocenters. The zero-order valence-corrected chi connectivity index (χ0v) is 31.7. The van der Waals surface area contributed by atoms with Gasteiger partial charge in [0.25, 0.3) is 0 Å². The van der Waals surface area contributed by atoms with E-state index in [0.717, 1.165) is 85.4 Å². The van der Waals surface area contributed by atoms with Crippen LogP contribution in [-0.4, -0.2) is 54.6 Å². The Morgan fingerprint density at radius 1 is 0.981 bits per heavy atom. The number of carbonyl (C=O) groups excluding carboxylic acids is 1. The second kappa shape index (κ2) is 17.8. The van der Waals surface area contributed by atoms with Crippen LogP contribution in [0.1, 0.15) is 84.4 Å². The molecule has 0 amide bonds. The van der Waals surface area contributed by atoms with Crippen molar-refractivity contribution in [2.24, 2.45) is 5.92 Å². The molecule has 8 nitrogen and oxygen atoms in total. The molecule has 1 aliphatic heterocycles. The second-order valence-electron chi connectivity index (χ2n) is 14.8. The molecule has 2 fully saturated rings. The zero-order chi connectivity index (χ0) is 37.4. The molecule has 4 aromatic rings. The number of piperidine rings is 1. The van der Waals surface area contributed by atoms with E-state index in [1.807, 2.05) is 18.2 Å². The van der Waals surface area contributed by atoms with E-state index in [0.29, 0.717) is 72.6 Å². The fourth-order valence-electron chi connectivity index (χ4n) is 8.01. The van der Waals surface area contributed by atoms with Gasteiger partial charge in [-0.25, -0.2) is 4.39 Å². The van der Waals surface area contributed by atoms with E-state index in [1.165, 1.54) is 17.3 Å². The average molecular weight is 751 g/mol. The number of hydrogen-bond acceptors (Lipinski definition) is 8. The number of rotatable bonds is 15. The average Bonchev–Trinajstić information content (AvgIpc) is 3.80. The topological polar surface area (TPSA) is 96.7 Å². The number of ketones is 1. The maximum Gasteiger partial charge on any atom is 0.142 e. The Kier molecular flexibility index (Phi) is 12.4. The predicted molar refractivity (Wildman–Crippen MR) is 208 cm³/mol. The molecule has 1 saturated heterocycles. The van der Waals surface area contributed by atoms with Crippen molar-refractivity contribution in [1.29, 1.82) is 5.26 Å². The summed E-state index contributed by atoms with van der Waals surface area (Å²) in [5.74, 6) is 2.74. The third-order valence-corrected chi connectivity index (χ3v) is 11.3. The fraction of sp³-hybridized carbons (Fsp3) is 0.432. The van der Waals surface area contributed by atoms with Gasteiger partial charge in [0.05, 0.1) is 17.2 Å². The number of alkyl halides is 1. The van der Waals surface area contributed by atoms with E-state index >= 15 is 0 Å². The number of Topliss-reactive ketones (excluding diaryl/α,β-unsaturated/α-hetero) is 1. The fourth-order valence-corrected chi connectivity index (χ4v) is 8.24. The number of benzene rings is 3. The summed E-state index contributed by atoms with van der Waals surface area (Å²) in [6.45, 7) is 6.81. The normalized spacial score (nSPS) is 18.7. The molecule has 10 heteroatoms. The lowest BCUT2D eigenvalue weighted by Gasteiger charge is -2.28. The van der Waals surface area contributed by atoms with Crippen molar-refractivity contribution < 1.29 is 23.4 Å². The van der Waals surface area contributed by atoms with Gasteiger partial charge in [-0.1, -0.05) is 41.9 Å². The highest BCUT2D eigenvalue weighted by Gasteiger charge is 2.29. The van der Waals surface area contributed by atoms with Crippen LogP contribution in [0.4, 0.5) is 4.39 Å². The monoisotopic (exact) mass is 750 g/mol. The van der Waals surface area contributed by atoms with Crippen LogP contribution in [0.25, 0.3) is 11.1 Å². The van der Waals surface area contributed by atoms with Crippen LogP contribution in [0.3, 0.4) is 0 Å². The van der Waals surface area contributed by atoms with Gasteiger partial charge in [0.15, 0.2) is 0 Å². The van der Waals surface area contributed by atoms with Crippen LogP contribution in [0.2, 0.25) is 5.02 Å². The van der Waals surface area contributed by atoms with Gasteiger partial charge in [-0.15, -0.1) is 0 Å². The van der Waals surface area contributed by atoms with E-state index < -0.39 is 6.17 Å². The summed E-state index contributed by atoms with van der Waals surface area (Å²) >= 11 is 6.93. The highest BCUT2D eigenvalue weighted by Crippen LogP contribution is 2.44. The maximum absolute atomic E-state index is 13.5. The number of nitrogens with one attached hydrogen (secondary N) is 1. The van der Waals surface area contributed by atoms with Gasteiger partial charge in [-0.3, -0.25) is 9.78 Å². The maximum atomic E-state index is 13.5. The van der Waals surface area contributed by atoms with Crippen LogP contribution in [-0.2, 0) is 24.4 Å². The largest absolute Gasteiger partial charge is 0.493 e. The van der Waals surface area contributed by atoms with Gasteiger partial charge < -0.3 is 24.4 Å². The SMILES string of the molecule is Cc1c(OCCCN2CCC(F)CC2)cccc1-c1cccc2c1CC[C@@H]2Oc1cc(OCc2cncc(C#N)c2)c(CNCC2CCC(=O)C2)cc1Cl. The first kappa shape index (κ1) is 37.8. The van der Waals surface area contributed by atoms with Crippen molar-refractivity contribution in [3.05, 3.63) is 105 Å². The zero-order valence-electron chi connectivity index (χ0n) is 30.9. The van der Waals surface area contributed by atoms with Gasteiger partial charge in [0.1, 0.15) is 48.0 Å². The summed E-state index contributed by atoms with van der Waals surface area (Å²) in [6.07, 6.45) is 8.42. The van der Waals surface area contributed by atoms with Gasteiger partial charge in [0, 0.05) is 68.6 Å². The van der Waals surface area contributed by atoms with Crippen LogP contribution in [0.15, 0.2) is 67.0 Å². The summed E-state index contributed by atoms with van der Waals surface area (Å²) < 4.78 is 32.9. The molecule has 2 atom stereocenters. The number of likely N-dealkylation sites (tertiary alicyclic amines) is 1. The third kappa shape index (κ3) is 9.23. The summed E-state index contributed by atoms with van der Waals surface area (Å²) in [5.41, 5.74) is 7.99. The van der Waals surface area contributed by atoms with Gasteiger partial charge >= 0.3 is 0 Å². The number of ether oxygens (including phenoxy) is 3. The summed E-state index contributed by atoms with van der Waals surface area (Å²) in [5, 5.41) is 13.4. The number of aromatic nitrogens is 1. The second-order valence-corrected chi connectivity index (χ2v) is 15.2. The number of carbonyl (C=O) groups is 1. The summed E-state index contributed by atoms with van der Waals surface area (Å²) in [7, 11) is 0. The third-order valence-electron chi connectivity index (χ3n) is 11.0. The predicted octanol–water partition coefficient (Wildman–Crippen LogP) is 8.89. The van der Waals surface area contributed by atoms with Gasteiger partial charge in [0.2, 0.25) is 0 Å². The lowest BCUT2D eigenvalue weighted by molar-refractivity contribution is -0.117. The molecule has 0 radical (unpaired) electrons. The van der Waals surface area contributed by atoms with E-state index in [9.17, 15) is 14.4 Å². The Morgan fingerprint density at radius 3 is 2.63 bits per heavy atom. The lowest BCUT2D eigenvalue weighted by atomic mass is 9.93. The van der Waals surface area contributed by atoms with Gasteiger partial charge in [-0.2, -0.15) is 5.26 Å². The number of pyridine rings is 1. The molecule has 1 saturated carbocycles. The summed E-state index contributed by atoms with van der Waals surface area (Å²) in [6, 6.07) is 20.3. The van der Waals surface area contributed by atoms with Crippen molar-refractivity contribution in [2.45, 2.75) is 83.7 Å². The minimum absolute atomic E-state index is 0.187. The molecule has 3 aliphatic rings. The van der Waals surface area contributed by atoms with Crippen molar-refractivity contribution in [3.8, 4) is 34.4 Å². The van der Waals surface area contributed by atoms with E-state index in [4.69, 9.17) is 25.8 Å². The minimum Gasteiger partial charge on any atom is -0.493 e. The van der Waals surface area contributed by atoms with Crippen LogP contribution >= 0.6 is 11.6 Å². The van der Waals surface area contributed by atoms with Gasteiger partial charge in [-0.05, 0) is 104 Å². The number of nitriles is 1. The Labute approximate surface area is 322 Å². The molecule has 54 heavy (non-hydrogen) atoms. The molecule has 1 N–H and O–H groups in total. The van der Waals surface area contributed by atoms with Crippen molar-refractivity contribution in [3.63, 3.8) is 0 Å². The lowest BCUT2D eigenvalue weighted by Crippen LogP contribution is -2.35. The molecular formula is C44H48ClFN4O4. The molecule has 2 aliphatic carbocycles. The quantitative estimate of drug-likeness (QED) is 0.120. The standard InChI is InChI=1S/C44H48ClFN4O4/c1-29-36(5-3-8-41(29)52-18-4-15-50-16-13-34(46)14-17-50)37-6-2-7-39-38(37)11-12-42(39)54-44-22-43(53-28-32-19-31(23-47)25-48-26-32)33(21-40(44)45)27-49-24-30-9-10-35(51)20-30/h2-3,5-8,19,21-22,25-26,30,34,42,49H,4,9-18,20,24,27-28H2,1H3/t30?,42-/m0/s1. The molecule has 2 heterocycles. The van der Waals surface area contributed by atoms with Crippen molar-refractivity contribution >= 4 is 17.4 Å². The first-order chi connectivity index (χ1) is 26.3. The first-order valence-electron chi connectivity index (χ1n) is 19.2. The smallest absolute Gasteiger partial charge is 0.142 e. The van der Waals surface area contributed by atoms with E-state index in [2.05, 4.69) is 58.5 Å². The molecule has 3 aromatic carbocycles. The number of nitrogens with zero attached hydrogens (tertiary/aromatic N) is 3. The molecule has 282 valence electrons.